The van der Waals surface area contributed by atoms with Gasteiger partial charge in [0.25, 0.3) is 0 Å². The normalized spacial score (nSPS) is 17.3. The average molecular weight is 454 g/mol. The standard InChI is InChI=1S/C21H19ClF3N3OS/c22-15-7-5-6-14(12-15)19-26-27-20(30-13-16-8-3-4-11-29-16)28(19)18-10-2-1-9-17(18)21(23,24)25/h1-2,5-7,9-10,12,16H,3-4,8,11,13H2/t16-/m1/s1. The molecule has 1 aliphatic rings. The molecule has 0 N–H and O–H groups in total. The molecule has 0 radical (unpaired) electrons. The van der Waals surface area contributed by atoms with E-state index < -0.39 is 11.7 Å². The number of thioether (sulfide) groups is 1. The Bertz CT molecular complexity index is 1020. The van der Waals surface area contributed by atoms with Crippen LogP contribution in [0.3, 0.4) is 0 Å². The molecule has 158 valence electrons. The first kappa shape index (κ1) is 21.2. The van der Waals surface area contributed by atoms with Gasteiger partial charge in [-0.05, 0) is 43.5 Å². The first-order valence-electron chi connectivity index (χ1n) is 9.56. The summed E-state index contributed by atoms with van der Waals surface area (Å²) in [5, 5.41) is 9.29. The minimum absolute atomic E-state index is 0.0166. The van der Waals surface area contributed by atoms with Crippen LogP contribution in [-0.4, -0.2) is 33.2 Å². The predicted octanol–water partition coefficient (Wildman–Crippen LogP) is 6.27. The highest BCUT2D eigenvalue weighted by Gasteiger charge is 2.35. The van der Waals surface area contributed by atoms with Crippen molar-refractivity contribution in [3.8, 4) is 17.1 Å². The molecule has 1 atom stereocenters. The fourth-order valence-electron chi connectivity index (χ4n) is 3.41. The molecular formula is C21H19ClF3N3OS. The predicted molar refractivity (Wildman–Crippen MR) is 111 cm³/mol. The van der Waals surface area contributed by atoms with E-state index in [0.717, 1.165) is 25.3 Å². The number of ether oxygens (including phenoxy) is 1. The second-order valence-electron chi connectivity index (χ2n) is 6.97. The lowest BCUT2D eigenvalue weighted by Gasteiger charge is -2.22. The largest absolute Gasteiger partial charge is 0.418 e. The van der Waals surface area contributed by atoms with Crippen molar-refractivity contribution in [1.82, 2.24) is 14.8 Å². The van der Waals surface area contributed by atoms with Crippen LogP contribution in [0.15, 0.2) is 53.7 Å². The Morgan fingerprint density at radius 1 is 1.10 bits per heavy atom. The van der Waals surface area contributed by atoms with Crippen molar-refractivity contribution in [2.45, 2.75) is 36.7 Å². The van der Waals surface area contributed by atoms with Gasteiger partial charge in [0.15, 0.2) is 11.0 Å². The van der Waals surface area contributed by atoms with Gasteiger partial charge in [-0.25, -0.2) is 0 Å². The van der Waals surface area contributed by atoms with Crippen molar-refractivity contribution >= 4 is 23.4 Å². The van der Waals surface area contributed by atoms with Crippen molar-refractivity contribution in [2.75, 3.05) is 12.4 Å². The molecule has 1 aliphatic heterocycles. The highest BCUT2D eigenvalue weighted by atomic mass is 35.5. The Balaban J connectivity index is 1.79. The zero-order chi connectivity index (χ0) is 21.1. The summed E-state index contributed by atoms with van der Waals surface area (Å²) in [5.41, 5.74) is -0.173. The lowest BCUT2D eigenvalue weighted by atomic mass is 10.1. The summed E-state index contributed by atoms with van der Waals surface area (Å²) in [6, 6.07) is 12.3. The number of hydrogen-bond acceptors (Lipinski definition) is 4. The molecule has 4 rings (SSSR count). The van der Waals surface area contributed by atoms with E-state index in [0.29, 0.717) is 33.9 Å². The Morgan fingerprint density at radius 3 is 2.67 bits per heavy atom. The molecule has 0 bridgehead atoms. The van der Waals surface area contributed by atoms with Gasteiger partial charge in [0, 0.05) is 22.9 Å². The minimum atomic E-state index is -4.51. The highest BCUT2D eigenvalue weighted by molar-refractivity contribution is 7.99. The summed E-state index contributed by atoms with van der Waals surface area (Å²) in [4.78, 5) is 0. The number of nitrogens with zero attached hydrogens (tertiary/aromatic N) is 3. The van der Waals surface area contributed by atoms with Gasteiger partial charge in [0.2, 0.25) is 0 Å². The van der Waals surface area contributed by atoms with Gasteiger partial charge in [-0.15, -0.1) is 10.2 Å². The van der Waals surface area contributed by atoms with Crippen molar-refractivity contribution < 1.29 is 17.9 Å². The first-order valence-corrected chi connectivity index (χ1v) is 10.9. The number of halogens is 4. The SMILES string of the molecule is FC(F)(F)c1ccccc1-n1c(SC[C@H]2CCCCO2)nnc1-c1cccc(Cl)c1. The fourth-order valence-corrected chi connectivity index (χ4v) is 4.61. The van der Waals surface area contributed by atoms with Crippen molar-refractivity contribution in [2.24, 2.45) is 0 Å². The smallest absolute Gasteiger partial charge is 0.377 e. The summed E-state index contributed by atoms with van der Waals surface area (Å²) < 4.78 is 48.4. The maximum Gasteiger partial charge on any atom is 0.418 e. The molecule has 0 unspecified atom stereocenters. The van der Waals surface area contributed by atoms with Crippen LogP contribution in [0.25, 0.3) is 17.1 Å². The zero-order valence-corrected chi connectivity index (χ0v) is 17.5. The second kappa shape index (κ2) is 8.99. The molecule has 3 aromatic rings. The highest BCUT2D eigenvalue weighted by Crippen LogP contribution is 2.38. The summed E-state index contributed by atoms with van der Waals surface area (Å²) in [6.07, 6.45) is -1.40. The van der Waals surface area contributed by atoms with Gasteiger partial charge in [-0.3, -0.25) is 4.57 Å². The Labute approximate surface area is 181 Å². The molecule has 0 saturated carbocycles. The lowest BCUT2D eigenvalue weighted by Crippen LogP contribution is -2.21. The van der Waals surface area contributed by atoms with Crippen LogP contribution in [0.2, 0.25) is 5.02 Å². The zero-order valence-electron chi connectivity index (χ0n) is 15.9. The van der Waals surface area contributed by atoms with E-state index >= 15 is 0 Å². The Kier molecular flexibility index (Phi) is 6.36. The lowest BCUT2D eigenvalue weighted by molar-refractivity contribution is -0.137. The van der Waals surface area contributed by atoms with Crippen LogP contribution in [-0.2, 0) is 10.9 Å². The number of benzene rings is 2. The molecule has 0 aliphatic carbocycles. The van der Waals surface area contributed by atoms with Crippen LogP contribution >= 0.6 is 23.4 Å². The van der Waals surface area contributed by atoms with Crippen LogP contribution in [0.4, 0.5) is 13.2 Å². The molecule has 0 spiro atoms. The topological polar surface area (TPSA) is 39.9 Å². The third kappa shape index (κ3) is 4.66. The van der Waals surface area contributed by atoms with Gasteiger partial charge >= 0.3 is 6.18 Å². The third-order valence-electron chi connectivity index (χ3n) is 4.84. The molecule has 4 nitrogen and oxygen atoms in total. The molecule has 1 fully saturated rings. The number of alkyl halides is 3. The summed E-state index contributed by atoms with van der Waals surface area (Å²) in [5.74, 6) is 0.906. The molecule has 1 saturated heterocycles. The van der Waals surface area contributed by atoms with Crippen molar-refractivity contribution in [1.29, 1.82) is 0 Å². The molecule has 30 heavy (non-hydrogen) atoms. The molecule has 2 aromatic carbocycles. The number of para-hydroxylation sites is 1. The summed E-state index contributed by atoms with van der Waals surface area (Å²) >= 11 is 7.46. The van der Waals surface area contributed by atoms with E-state index in [2.05, 4.69) is 10.2 Å². The van der Waals surface area contributed by atoms with Crippen LogP contribution < -0.4 is 0 Å². The monoisotopic (exact) mass is 453 g/mol. The number of aromatic nitrogens is 3. The quantitative estimate of drug-likeness (QED) is 0.427. The van der Waals surface area contributed by atoms with Crippen LogP contribution in [0.5, 0.6) is 0 Å². The van der Waals surface area contributed by atoms with E-state index in [1.807, 2.05) is 0 Å². The summed E-state index contributed by atoms with van der Waals surface area (Å²) in [7, 11) is 0. The Morgan fingerprint density at radius 2 is 1.93 bits per heavy atom. The van der Waals surface area contributed by atoms with Crippen LogP contribution in [0, 0.1) is 0 Å². The molecular weight excluding hydrogens is 435 g/mol. The molecule has 9 heteroatoms. The maximum atomic E-state index is 13.7. The van der Waals surface area contributed by atoms with Gasteiger partial charge < -0.3 is 4.74 Å². The van der Waals surface area contributed by atoms with Gasteiger partial charge in [0.1, 0.15) is 0 Å². The van der Waals surface area contributed by atoms with E-state index in [1.54, 1.807) is 30.3 Å². The van der Waals surface area contributed by atoms with Gasteiger partial charge in [0.05, 0.1) is 17.4 Å². The fraction of sp³-hybridized carbons (Fsp3) is 0.333. The van der Waals surface area contributed by atoms with E-state index in [1.165, 1.54) is 28.5 Å². The van der Waals surface area contributed by atoms with E-state index in [9.17, 15) is 13.2 Å². The number of hydrogen-bond donors (Lipinski definition) is 0. The molecule has 1 aromatic heterocycles. The average Bonchev–Trinajstić information content (AvgIpc) is 3.16. The molecule has 2 heterocycles. The Hall–Kier alpha value is -2.03. The molecule has 0 amide bonds. The second-order valence-corrected chi connectivity index (χ2v) is 8.39. The maximum absolute atomic E-state index is 13.7. The van der Waals surface area contributed by atoms with Gasteiger partial charge in [-0.1, -0.05) is 47.6 Å². The van der Waals surface area contributed by atoms with Crippen molar-refractivity contribution in [3.05, 3.63) is 59.1 Å². The minimum Gasteiger partial charge on any atom is -0.377 e. The third-order valence-corrected chi connectivity index (χ3v) is 6.13. The first-order chi connectivity index (χ1) is 14.4. The van der Waals surface area contributed by atoms with E-state index in [4.69, 9.17) is 16.3 Å². The van der Waals surface area contributed by atoms with Crippen LogP contribution in [0.1, 0.15) is 24.8 Å². The van der Waals surface area contributed by atoms with Crippen molar-refractivity contribution in [3.63, 3.8) is 0 Å². The van der Waals surface area contributed by atoms with Gasteiger partial charge in [-0.2, -0.15) is 13.2 Å². The number of rotatable bonds is 5. The van der Waals surface area contributed by atoms with E-state index in [-0.39, 0.29) is 11.8 Å². The summed E-state index contributed by atoms with van der Waals surface area (Å²) in [6.45, 7) is 0.711.